The summed E-state index contributed by atoms with van der Waals surface area (Å²) < 4.78 is 5.73. The molecule has 144 valence electrons. The summed E-state index contributed by atoms with van der Waals surface area (Å²) in [5.41, 5.74) is 2.76. The highest BCUT2D eigenvalue weighted by Gasteiger charge is 2.41. The molecule has 3 nitrogen and oxygen atoms in total. The Balaban J connectivity index is 1.77. The molecule has 0 atom stereocenters. The molecule has 0 heterocycles. The fourth-order valence-electron chi connectivity index (χ4n) is 3.89. The van der Waals surface area contributed by atoms with Crippen LogP contribution in [0.25, 0.3) is 0 Å². The van der Waals surface area contributed by atoms with Gasteiger partial charge in [-0.15, -0.1) is 0 Å². The summed E-state index contributed by atoms with van der Waals surface area (Å²) in [6.07, 6.45) is 5.24. The lowest BCUT2D eigenvalue weighted by atomic mass is 9.68. The van der Waals surface area contributed by atoms with E-state index in [1.807, 2.05) is 24.3 Å². The van der Waals surface area contributed by atoms with Gasteiger partial charge < -0.3 is 10.1 Å². The van der Waals surface area contributed by atoms with E-state index in [9.17, 15) is 4.79 Å². The molecule has 0 saturated heterocycles. The van der Waals surface area contributed by atoms with Crippen molar-refractivity contribution in [3.8, 4) is 5.75 Å². The molecule has 3 rings (SSSR count). The first-order valence-electron chi connectivity index (χ1n) is 10.1. The van der Waals surface area contributed by atoms with E-state index >= 15 is 0 Å². The Morgan fingerprint density at radius 3 is 2.41 bits per heavy atom. The van der Waals surface area contributed by atoms with Gasteiger partial charge in [0.25, 0.3) is 0 Å². The van der Waals surface area contributed by atoms with Crippen molar-refractivity contribution < 1.29 is 9.53 Å². The molecule has 2 aromatic rings. The molecule has 0 spiro atoms. The van der Waals surface area contributed by atoms with Crippen LogP contribution in [0.4, 0.5) is 5.69 Å². The molecule has 1 aliphatic rings. The first kappa shape index (κ1) is 19.5. The lowest BCUT2D eigenvalue weighted by Crippen LogP contribution is -2.42. The predicted octanol–water partition coefficient (Wildman–Crippen LogP) is 5.87. The minimum Gasteiger partial charge on any atom is -0.493 e. The van der Waals surface area contributed by atoms with Gasteiger partial charge >= 0.3 is 0 Å². The molecule has 2 aromatic carbocycles. The Morgan fingerprint density at radius 1 is 1.07 bits per heavy atom. The van der Waals surface area contributed by atoms with Crippen LogP contribution >= 0.6 is 0 Å². The average Bonchev–Trinajstić information content (AvgIpc) is 2.68. The summed E-state index contributed by atoms with van der Waals surface area (Å²) in [5.74, 6) is 1.45. The number of carbonyl (C=O) groups is 1. The van der Waals surface area contributed by atoms with E-state index in [2.05, 4.69) is 50.4 Å². The number of carbonyl (C=O) groups excluding carboxylic acids is 1. The standard InChI is InChI=1S/C24H31NO2/c1-18(2)17-27-22-12-10-21(11-13-22)25-23(26)24(14-5-4-6-15-24)20-9-7-8-19(3)16-20/h7-13,16,18H,4-6,14-15,17H2,1-3H3,(H,25,26). The second-order valence-electron chi connectivity index (χ2n) is 8.20. The number of rotatable bonds is 6. The van der Waals surface area contributed by atoms with Gasteiger partial charge in [0.2, 0.25) is 5.91 Å². The van der Waals surface area contributed by atoms with Crippen molar-refractivity contribution in [2.24, 2.45) is 5.92 Å². The quantitative estimate of drug-likeness (QED) is 0.695. The number of benzene rings is 2. The van der Waals surface area contributed by atoms with Gasteiger partial charge in [-0.05, 0) is 55.5 Å². The minimum absolute atomic E-state index is 0.114. The summed E-state index contributed by atoms with van der Waals surface area (Å²) in [5, 5.41) is 3.17. The van der Waals surface area contributed by atoms with Gasteiger partial charge in [-0.25, -0.2) is 0 Å². The summed E-state index contributed by atoms with van der Waals surface area (Å²) in [7, 11) is 0. The van der Waals surface area contributed by atoms with Crippen LogP contribution in [-0.4, -0.2) is 12.5 Å². The van der Waals surface area contributed by atoms with Crippen LogP contribution < -0.4 is 10.1 Å². The monoisotopic (exact) mass is 365 g/mol. The normalized spacial score (nSPS) is 16.1. The molecular formula is C24H31NO2. The Kier molecular flexibility index (Phi) is 6.20. The maximum Gasteiger partial charge on any atom is 0.235 e. The van der Waals surface area contributed by atoms with E-state index < -0.39 is 5.41 Å². The lowest BCUT2D eigenvalue weighted by molar-refractivity contribution is -0.122. The van der Waals surface area contributed by atoms with E-state index in [4.69, 9.17) is 4.74 Å². The minimum atomic E-state index is -0.420. The molecule has 27 heavy (non-hydrogen) atoms. The van der Waals surface area contributed by atoms with Gasteiger partial charge in [0, 0.05) is 5.69 Å². The fourth-order valence-corrected chi connectivity index (χ4v) is 3.89. The van der Waals surface area contributed by atoms with Crippen molar-refractivity contribution in [1.29, 1.82) is 0 Å². The summed E-state index contributed by atoms with van der Waals surface area (Å²) in [6, 6.07) is 16.2. The zero-order valence-electron chi connectivity index (χ0n) is 16.8. The maximum atomic E-state index is 13.4. The predicted molar refractivity (Wildman–Crippen MR) is 111 cm³/mol. The lowest BCUT2D eigenvalue weighted by Gasteiger charge is -2.36. The van der Waals surface area contributed by atoms with Crippen LogP contribution in [-0.2, 0) is 10.2 Å². The third-order valence-electron chi connectivity index (χ3n) is 5.41. The first-order chi connectivity index (χ1) is 13.0. The zero-order chi connectivity index (χ0) is 19.3. The molecular weight excluding hydrogens is 334 g/mol. The topological polar surface area (TPSA) is 38.3 Å². The maximum absolute atomic E-state index is 13.4. The van der Waals surface area contributed by atoms with E-state index in [1.54, 1.807) is 0 Å². The molecule has 1 N–H and O–H groups in total. The van der Waals surface area contributed by atoms with Crippen molar-refractivity contribution in [1.82, 2.24) is 0 Å². The molecule has 3 heteroatoms. The molecule has 1 amide bonds. The molecule has 0 radical (unpaired) electrons. The SMILES string of the molecule is Cc1cccc(C2(C(=O)Nc3ccc(OCC(C)C)cc3)CCCCC2)c1. The van der Waals surface area contributed by atoms with Crippen LogP contribution in [0.2, 0.25) is 0 Å². The second kappa shape index (κ2) is 8.60. The first-order valence-corrected chi connectivity index (χ1v) is 10.1. The van der Waals surface area contributed by atoms with Gasteiger partial charge in [0.1, 0.15) is 5.75 Å². The number of nitrogens with one attached hydrogen (secondary N) is 1. The van der Waals surface area contributed by atoms with Crippen molar-refractivity contribution in [3.05, 3.63) is 59.7 Å². The number of anilines is 1. The summed E-state index contributed by atoms with van der Waals surface area (Å²) in [4.78, 5) is 13.4. The van der Waals surface area contributed by atoms with Crippen molar-refractivity contribution in [2.45, 2.75) is 58.3 Å². The molecule has 1 saturated carbocycles. The largest absolute Gasteiger partial charge is 0.493 e. The number of amides is 1. The van der Waals surface area contributed by atoms with Gasteiger partial charge in [0.05, 0.1) is 12.0 Å². The third-order valence-corrected chi connectivity index (χ3v) is 5.41. The molecule has 1 aliphatic carbocycles. The van der Waals surface area contributed by atoms with E-state index in [-0.39, 0.29) is 5.91 Å². The number of hydrogen-bond acceptors (Lipinski definition) is 2. The number of ether oxygens (including phenoxy) is 1. The van der Waals surface area contributed by atoms with Crippen LogP contribution in [0.15, 0.2) is 48.5 Å². The van der Waals surface area contributed by atoms with Gasteiger partial charge in [-0.1, -0.05) is 62.9 Å². The highest BCUT2D eigenvalue weighted by atomic mass is 16.5. The highest BCUT2D eigenvalue weighted by molar-refractivity contribution is 5.99. The molecule has 0 bridgehead atoms. The average molecular weight is 366 g/mol. The molecule has 0 aliphatic heterocycles. The van der Waals surface area contributed by atoms with Gasteiger partial charge in [-0.2, -0.15) is 0 Å². The Labute approximate surface area is 163 Å². The van der Waals surface area contributed by atoms with E-state index in [0.717, 1.165) is 42.7 Å². The van der Waals surface area contributed by atoms with Crippen molar-refractivity contribution in [2.75, 3.05) is 11.9 Å². The smallest absolute Gasteiger partial charge is 0.235 e. The van der Waals surface area contributed by atoms with Crippen LogP contribution in [0.1, 0.15) is 57.1 Å². The highest BCUT2D eigenvalue weighted by Crippen LogP contribution is 2.40. The molecule has 0 aromatic heterocycles. The van der Waals surface area contributed by atoms with Crippen molar-refractivity contribution >= 4 is 11.6 Å². The number of hydrogen-bond donors (Lipinski definition) is 1. The van der Waals surface area contributed by atoms with Crippen LogP contribution in [0, 0.1) is 12.8 Å². The summed E-state index contributed by atoms with van der Waals surface area (Å²) in [6.45, 7) is 7.04. The van der Waals surface area contributed by atoms with Crippen molar-refractivity contribution in [3.63, 3.8) is 0 Å². The third kappa shape index (κ3) is 4.71. The fraction of sp³-hybridized carbons (Fsp3) is 0.458. The Bertz CT molecular complexity index is 758. The molecule has 0 unspecified atom stereocenters. The number of aryl methyl sites for hydroxylation is 1. The van der Waals surface area contributed by atoms with Gasteiger partial charge in [0.15, 0.2) is 0 Å². The Hall–Kier alpha value is -2.29. The van der Waals surface area contributed by atoms with Gasteiger partial charge in [-0.3, -0.25) is 4.79 Å². The van der Waals surface area contributed by atoms with Crippen LogP contribution in [0.5, 0.6) is 5.75 Å². The molecule has 1 fully saturated rings. The van der Waals surface area contributed by atoms with Crippen LogP contribution in [0.3, 0.4) is 0 Å². The van der Waals surface area contributed by atoms with E-state index in [0.29, 0.717) is 12.5 Å². The second-order valence-corrected chi connectivity index (χ2v) is 8.20. The summed E-state index contributed by atoms with van der Waals surface area (Å²) >= 11 is 0. The zero-order valence-corrected chi connectivity index (χ0v) is 16.8. The van der Waals surface area contributed by atoms with E-state index in [1.165, 1.54) is 12.0 Å². The Morgan fingerprint density at radius 2 is 1.78 bits per heavy atom.